The number of halogens is 1. The van der Waals surface area contributed by atoms with Crippen LogP contribution in [0.5, 0.6) is 0 Å². The normalized spacial score (nSPS) is 11.5. The van der Waals surface area contributed by atoms with Crippen molar-refractivity contribution in [2.24, 2.45) is 10.9 Å². The number of hydrogen-bond acceptors (Lipinski definition) is 3. The fourth-order valence-electron chi connectivity index (χ4n) is 2.30. The number of ether oxygens (including phenoxy) is 1. The molecule has 0 aromatic heterocycles. The summed E-state index contributed by atoms with van der Waals surface area (Å²) >= 11 is 0. The van der Waals surface area contributed by atoms with E-state index < -0.39 is 0 Å². The van der Waals surface area contributed by atoms with E-state index in [1.165, 1.54) is 12.1 Å². The first-order valence-electron chi connectivity index (χ1n) is 9.62. The molecule has 3 N–H and O–H groups in total. The Morgan fingerprint density at radius 1 is 1.22 bits per heavy atom. The second-order valence-corrected chi connectivity index (χ2v) is 6.67. The Bertz CT molecular complexity index is 579. The summed E-state index contributed by atoms with van der Waals surface area (Å²) < 4.78 is 18.7. The summed E-state index contributed by atoms with van der Waals surface area (Å²) in [5.41, 5.74) is 0.662. The van der Waals surface area contributed by atoms with Gasteiger partial charge in [-0.3, -0.25) is 9.79 Å². The highest BCUT2D eigenvalue weighted by molar-refractivity contribution is 5.80. The summed E-state index contributed by atoms with van der Waals surface area (Å²) in [5.74, 6) is 0.805. The number of rotatable bonds is 12. The summed E-state index contributed by atoms with van der Waals surface area (Å²) in [6.07, 6.45) is 1.04. The molecular formula is C20H33FN4O2. The number of carbonyl (C=O) groups is 1. The van der Waals surface area contributed by atoms with Gasteiger partial charge < -0.3 is 20.7 Å². The zero-order valence-electron chi connectivity index (χ0n) is 16.7. The van der Waals surface area contributed by atoms with E-state index in [0.29, 0.717) is 37.7 Å². The lowest BCUT2D eigenvalue weighted by molar-refractivity contribution is -0.120. The van der Waals surface area contributed by atoms with Crippen molar-refractivity contribution < 1.29 is 13.9 Å². The van der Waals surface area contributed by atoms with E-state index in [1.807, 2.05) is 6.92 Å². The number of benzene rings is 1. The Kier molecular flexibility index (Phi) is 11.8. The van der Waals surface area contributed by atoms with Crippen molar-refractivity contribution in [3.8, 4) is 0 Å². The maximum atomic E-state index is 13.1. The molecule has 0 unspecified atom stereocenters. The molecule has 7 heteroatoms. The molecule has 1 aromatic rings. The van der Waals surface area contributed by atoms with Crippen LogP contribution in [0.25, 0.3) is 0 Å². The Morgan fingerprint density at radius 3 is 2.70 bits per heavy atom. The molecule has 0 fully saturated rings. The number of nitrogens with zero attached hydrogens (tertiary/aromatic N) is 1. The monoisotopic (exact) mass is 380 g/mol. The van der Waals surface area contributed by atoms with Gasteiger partial charge in [-0.2, -0.15) is 0 Å². The number of amides is 1. The number of nitrogens with one attached hydrogen (secondary N) is 3. The van der Waals surface area contributed by atoms with Crippen LogP contribution in [0.3, 0.4) is 0 Å². The van der Waals surface area contributed by atoms with Crippen LogP contribution < -0.4 is 16.0 Å². The smallest absolute Gasteiger partial charge is 0.224 e. The average molecular weight is 381 g/mol. The number of guanidine groups is 1. The molecule has 1 aromatic carbocycles. The first-order chi connectivity index (χ1) is 13.0. The van der Waals surface area contributed by atoms with Crippen molar-refractivity contribution in [3.05, 3.63) is 35.6 Å². The largest absolute Gasteiger partial charge is 0.381 e. The van der Waals surface area contributed by atoms with Crippen LogP contribution in [0, 0.1) is 11.7 Å². The van der Waals surface area contributed by atoms with E-state index >= 15 is 0 Å². The van der Waals surface area contributed by atoms with Crippen LogP contribution in [0.15, 0.2) is 29.3 Å². The first kappa shape index (κ1) is 22.9. The molecule has 0 radical (unpaired) electrons. The molecule has 0 atom stereocenters. The second kappa shape index (κ2) is 14.0. The Labute approximate surface area is 162 Å². The number of aliphatic imine (C=N–C) groups is 1. The minimum atomic E-state index is -0.330. The molecule has 0 spiro atoms. The molecule has 0 heterocycles. The summed E-state index contributed by atoms with van der Waals surface area (Å²) in [5, 5.41) is 9.17. The van der Waals surface area contributed by atoms with Gasteiger partial charge in [0.05, 0.1) is 6.42 Å². The molecule has 0 aliphatic heterocycles. The Balaban J connectivity index is 2.21. The van der Waals surface area contributed by atoms with Crippen LogP contribution in [0.4, 0.5) is 4.39 Å². The van der Waals surface area contributed by atoms with Crippen molar-refractivity contribution in [1.29, 1.82) is 0 Å². The van der Waals surface area contributed by atoms with Gasteiger partial charge in [-0.25, -0.2) is 4.39 Å². The Morgan fingerprint density at radius 2 is 2.00 bits per heavy atom. The second-order valence-electron chi connectivity index (χ2n) is 6.67. The fraction of sp³-hybridized carbons (Fsp3) is 0.600. The summed E-state index contributed by atoms with van der Waals surface area (Å²) in [6, 6.07) is 6.08. The van der Waals surface area contributed by atoms with Gasteiger partial charge in [-0.05, 0) is 37.0 Å². The lowest BCUT2D eigenvalue weighted by Gasteiger charge is -2.12. The maximum absolute atomic E-state index is 13.1. The van der Waals surface area contributed by atoms with E-state index in [2.05, 4.69) is 34.8 Å². The third-order valence-electron chi connectivity index (χ3n) is 3.51. The first-order valence-corrected chi connectivity index (χ1v) is 9.62. The molecule has 152 valence electrons. The highest BCUT2D eigenvalue weighted by Gasteiger charge is 2.04. The zero-order valence-corrected chi connectivity index (χ0v) is 16.7. The molecule has 1 amide bonds. The third-order valence-corrected chi connectivity index (χ3v) is 3.51. The Hall–Kier alpha value is -2.15. The predicted octanol–water partition coefficient (Wildman–Crippen LogP) is 2.10. The van der Waals surface area contributed by atoms with Gasteiger partial charge >= 0.3 is 0 Å². The van der Waals surface area contributed by atoms with Crippen LogP contribution in [0.2, 0.25) is 0 Å². The van der Waals surface area contributed by atoms with Crippen LogP contribution >= 0.6 is 0 Å². The molecule has 0 aliphatic carbocycles. The minimum Gasteiger partial charge on any atom is -0.381 e. The SMILES string of the molecule is CCNC(=NCCCOCC(C)C)NCCNC(=O)Cc1cccc(F)c1. The highest BCUT2D eigenvalue weighted by atomic mass is 19.1. The quantitative estimate of drug-likeness (QED) is 0.295. The fourth-order valence-corrected chi connectivity index (χ4v) is 2.30. The van der Waals surface area contributed by atoms with Crippen molar-refractivity contribution in [2.45, 2.75) is 33.6 Å². The van der Waals surface area contributed by atoms with E-state index in [1.54, 1.807) is 12.1 Å². The lowest BCUT2D eigenvalue weighted by atomic mass is 10.1. The molecule has 6 nitrogen and oxygen atoms in total. The van der Waals surface area contributed by atoms with Gasteiger partial charge in [0, 0.05) is 39.4 Å². The topological polar surface area (TPSA) is 74.8 Å². The molecule has 0 bridgehead atoms. The van der Waals surface area contributed by atoms with Crippen LogP contribution in [0.1, 0.15) is 32.8 Å². The van der Waals surface area contributed by atoms with Gasteiger partial charge in [0.2, 0.25) is 5.91 Å². The molecule has 27 heavy (non-hydrogen) atoms. The van der Waals surface area contributed by atoms with E-state index in [4.69, 9.17) is 4.74 Å². The van der Waals surface area contributed by atoms with Crippen molar-refractivity contribution >= 4 is 11.9 Å². The maximum Gasteiger partial charge on any atom is 0.224 e. The van der Waals surface area contributed by atoms with Crippen LogP contribution in [-0.2, 0) is 16.0 Å². The standard InChI is InChI=1S/C20H33FN4O2/c1-4-22-20(24-9-6-12-27-15-16(2)3)25-11-10-23-19(26)14-17-7-5-8-18(21)13-17/h5,7-8,13,16H,4,6,9-12,14-15H2,1-3H3,(H,23,26)(H2,22,24,25). The van der Waals surface area contributed by atoms with Gasteiger partial charge in [-0.1, -0.05) is 26.0 Å². The van der Waals surface area contributed by atoms with Gasteiger partial charge in [0.1, 0.15) is 5.82 Å². The van der Waals surface area contributed by atoms with E-state index in [-0.39, 0.29) is 18.1 Å². The van der Waals surface area contributed by atoms with Gasteiger partial charge in [0.15, 0.2) is 5.96 Å². The van der Waals surface area contributed by atoms with E-state index in [0.717, 1.165) is 25.5 Å². The minimum absolute atomic E-state index is 0.133. The number of carbonyl (C=O) groups excluding carboxylic acids is 1. The number of hydrogen-bond donors (Lipinski definition) is 3. The third kappa shape index (κ3) is 12.0. The van der Waals surface area contributed by atoms with Crippen LogP contribution in [-0.4, -0.2) is 51.3 Å². The molecular weight excluding hydrogens is 347 g/mol. The van der Waals surface area contributed by atoms with Crippen molar-refractivity contribution in [3.63, 3.8) is 0 Å². The lowest BCUT2D eigenvalue weighted by Crippen LogP contribution is -2.41. The molecule has 0 saturated heterocycles. The molecule has 1 rings (SSSR count). The van der Waals surface area contributed by atoms with Gasteiger partial charge in [-0.15, -0.1) is 0 Å². The van der Waals surface area contributed by atoms with Gasteiger partial charge in [0.25, 0.3) is 0 Å². The van der Waals surface area contributed by atoms with E-state index in [9.17, 15) is 9.18 Å². The predicted molar refractivity (Wildman–Crippen MR) is 107 cm³/mol. The van der Waals surface area contributed by atoms with Crippen molar-refractivity contribution in [1.82, 2.24) is 16.0 Å². The summed E-state index contributed by atoms with van der Waals surface area (Å²) in [7, 11) is 0. The average Bonchev–Trinajstić information content (AvgIpc) is 2.61. The molecule has 0 aliphatic rings. The summed E-state index contributed by atoms with van der Waals surface area (Å²) in [4.78, 5) is 16.4. The summed E-state index contributed by atoms with van der Waals surface area (Å²) in [6.45, 7) is 10.2. The molecule has 0 saturated carbocycles. The van der Waals surface area contributed by atoms with Crippen molar-refractivity contribution in [2.75, 3.05) is 39.4 Å². The zero-order chi connectivity index (χ0) is 19.9. The highest BCUT2D eigenvalue weighted by Crippen LogP contribution is 2.03.